The van der Waals surface area contributed by atoms with Crippen LogP contribution >= 0.6 is 23.4 Å². The number of fused-ring (bicyclic) bond motifs is 1. The Kier molecular flexibility index (Phi) is 6.91. The molecule has 0 saturated carbocycles. The number of nitrogens with zero attached hydrogens (tertiary/aromatic N) is 3. The summed E-state index contributed by atoms with van der Waals surface area (Å²) in [4.78, 5) is 34.2. The van der Waals surface area contributed by atoms with Crippen LogP contribution in [0.4, 0.5) is 0 Å². The molecule has 2 aromatic carbocycles. The molecule has 0 aliphatic carbocycles. The van der Waals surface area contributed by atoms with Crippen LogP contribution in [0.25, 0.3) is 0 Å². The number of halogens is 1. The second-order valence-corrected chi connectivity index (χ2v) is 9.36. The molecule has 0 saturated heterocycles. The number of thioether (sulfide) groups is 1. The van der Waals surface area contributed by atoms with Gasteiger partial charge in [0.05, 0.1) is 23.7 Å². The van der Waals surface area contributed by atoms with Crippen LogP contribution in [0.15, 0.2) is 82.0 Å². The van der Waals surface area contributed by atoms with Crippen molar-refractivity contribution in [3.05, 3.63) is 93.1 Å². The minimum absolute atomic E-state index is 0.0893. The molecule has 0 aromatic heterocycles. The van der Waals surface area contributed by atoms with E-state index in [4.69, 9.17) is 16.6 Å². The SMILES string of the molecule is CC1=C(C(=O)N(C)C)C(c2ccc(Cl)cc2)N2C(CC(=O)NCc3ccccc3)=CSC2=N1. The van der Waals surface area contributed by atoms with Gasteiger partial charge in [-0.1, -0.05) is 65.8 Å². The molecule has 1 N–H and O–H groups in total. The molecule has 8 heteroatoms. The monoisotopic (exact) mass is 480 g/mol. The van der Waals surface area contributed by atoms with E-state index in [0.717, 1.165) is 22.0 Å². The largest absolute Gasteiger partial charge is 0.352 e. The molecule has 0 radical (unpaired) electrons. The number of nitrogens with one attached hydrogen (secondary N) is 1. The molecule has 33 heavy (non-hydrogen) atoms. The van der Waals surface area contributed by atoms with Crippen molar-refractivity contribution in [3.8, 4) is 0 Å². The summed E-state index contributed by atoms with van der Waals surface area (Å²) >= 11 is 7.60. The number of rotatable bonds is 6. The fourth-order valence-corrected chi connectivity index (χ4v) is 4.96. The summed E-state index contributed by atoms with van der Waals surface area (Å²) in [5, 5.41) is 6.31. The van der Waals surface area contributed by atoms with Crippen LogP contribution in [0.2, 0.25) is 5.02 Å². The van der Waals surface area contributed by atoms with Gasteiger partial charge in [-0.25, -0.2) is 4.99 Å². The van der Waals surface area contributed by atoms with Crippen molar-refractivity contribution in [2.45, 2.75) is 25.9 Å². The predicted molar refractivity (Wildman–Crippen MR) is 133 cm³/mol. The molecule has 170 valence electrons. The normalized spacial score (nSPS) is 17.3. The standard InChI is InChI=1S/C25H25ClN4O2S/c1-16-22(24(32)29(2)3)23(18-9-11-19(26)12-10-18)30-20(15-33-25(30)28-16)13-21(31)27-14-17-7-5-4-6-8-17/h4-12,15,23H,13-14H2,1-3H3,(H,27,31). The van der Waals surface area contributed by atoms with Crippen LogP contribution in [0.1, 0.15) is 30.5 Å². The van der Waals surface area contributed by atoms with Gasteiger partial charge < -0.3 is 15.1 Å². The molecule has 2 aromatic rings. The van der Waals surface area contributed by atoms with Gasteiger partial charge in [-0.2, -0.15) is 0 Å². The number of hydrogen-bond acceptors (Lipinski definition) is 5. The second-order valence-electron chi connectivity index (χ2n) is 8.08. The summed E-state index contributed by atoms with van der Waals surface area (Å²) in [5.74, 6) is -0.200. The lowest BCUT2D eigenvalue weighted by Gasteiger charge is -2.37. The molecule has 4 rings (SSSR count). The number of likely N-dealkylation sites (N-methyl/N-ethyl adjacent to an activating group) is 1. The van der Waals surface area contributed by atoms with Gasteiger partial charge in [-0.05, 0) is 35.6 Å². The van der Waals surface area contributed by atoms with E-state index in [2.05, 4.69) is 5.32 Å². The Morgan fingerprint density at radius 1 is 1.12 bits per heavy atom. The van der Waals surface area contributed by atoms with E-state index in [9.17, 15) is 9.59 Å². The Morgan fingerprint density at radius 2 is 1.82 bits per heavy atom. The summed E-state index contributed by atoms with van der Waals surface area (Å²) in [6, 6.07) is 16.9. The molecule has 0 fully saturated rings. The quantitative estimate of drug-likeness (QED) is 0.650. The number of hydrogen-bond donors (Lipinski definition) is 1. The number of benzene rings is 2. The zero-order valence-corrected chi connectivity index (χ0v) is 20.3. The van der Waals surface area contributed by atoms with Crippen molar-refractivity contribution in [2.24, 2.45) is 4.99 Å². The Hall–Kier alpha value is -3.03. The maximum atomic E-state index is 13.2. The summed E-state index contributed by atoms with van der Waals surface area (Å²) in [5.41, 5.74) is 4.02. The highest BCUT2D eigenvalue weighted by Crippen LogP contribution is 2.45. The van der Waals surface area contributed by atoms with Crippen LogP contribution in [0.5, 0.6) is 0 Å². The average Bonchev–Trinajstić information content (AvgIpc) is 3.19. The minimum Gasteiger partial charge on any atom is -0.352 e. The maximum Gasteiger partial charge on any atom is 0.253 e. The van der Waals surface area contributed by atoms with Crippen LogP contribution in [-0.2, 0) is 16.1 Å². The van der Waals surface area contributed by atoms with Crippen LogP contribution in [0, 0.1) is 0 Å². The van der Waals surface area contributed by atoms with E-state index < -0.39 is 6.04 Å². The van der Waals surface area contributed by atoms with Gasteiger partial charge in [-0.15, -0.1) is 0 Å². The molecule has 2 aliphatic rings. The van der Waals surface area contributed by atoms with Crippen LogP contribution in [-0.4, -0.2) is 40.9 Å². The molecule has 0 spiro atoms. The topological polar surface area (TPSA) is 65.0 Å². The van der Waals surface area contributed by atoms with Gasteiger partial charge in [0, 0.05) is 31.4 Å². The molecule has 1 atom stereocenters. The first kappa shape index (κ1) is 23.1. The maximum absolute atomic E-state index is 13.2. The highest BCUT2D eigenvalue weighted by atomic mass is 35.5. The molecule has 6 nitrogen and oxygen atoms in total. The van der Waals surface area contributed by atoms with Crippen molar-refractivity contribution in [2.75, 3.05) is 14.1 Å². The number of allylic oxidation sites excluding steroid dienone is 1. The molecule has 0 bridgehead atoms. The van der Waals surface area contributed by atoms with Crippen molar-refractivity contribution in [3.63, 3.8) is 0 Å². The number of amidine groups is 1. The first-order valence-corrected chi connectivity index (χ1v) is 11.8. The van der Waals surface area contributed by atoms with Crippen molar-refractivity contribution in [1.82, 2.24) is 15.1 Å². The van der Waals surface area contributed by atoms with Crippen molar-refractivity contribution < 1.29 is 9.59 Å². The van der Waals surface area contributed by atoms with Gasteiger partial charge in [0.15, 0.2) is 5.17 Å². The third-order valence-corrected chi connectivity index (χ3v) is 6.64. The van der Waals surface area contributed by atoms with Gasteiger partial charge in [-0.3, -0.25) is 9.59 Å². The van der Waals surface area contributed by atoms with Crippen molar-refractivity contribution >= 4 is 40.3 Å². The van der Waals surface area contributed by atoms with Gasteiger partial charge in [0.2, 0.25) is 5.91 Å². The lowest BCUT2D eigenvalue weighted by molar-refractivity contribution is -0.125. The molecule has 2 heterocycles. The van der Waals surface area contributed by atoms with Crippen LogP contribution < -0.4 is 5.32 Å². The van der Waals surface area contributed by atoms with E-state index in [1.165, 1.54) is 11.8 Å². The highest BCUT2D eigenvalue weighted by Gasteiger charge is 2.40. The zero-order valence-electron chi connectivity index (χ0n) is 18.7. The number of aliphatic imine (C=N–C) groups is 1. The predicted octanol–water partition coefficient (Wildman–Crippen LogP) is 4.71. The third kappa shape index (κ3) is 4.99. The summed E-state index contributed by atoms with van der Waals surface area (Å²) < 4.78 is 0. The van der Waals surface area contributed by atoms with E-state index in [1.54, 1.807) is 19.0 Å². The Balaban J connectivity index is 1.62. The first-order valence-electron chi connectivity index (χ1n) is 10.6. The van der Waals surface area contributed by atoms with Gasteiger partial charge >= 0.3 is 0 Å². The molecule has 1 unspecified atom stereocenters. The number of carbonyl (C=O) groups excluding carboxylic acids is 2. The first-order chi connectivity index (χ1) is 15.8. The van der Waals surface area contributed by atoms with E-state index in [1.807, 2.05) is 71.8 Å². The number of carbonyl (C=O) groups is 2. The Bertz CT molecular complexity index is 1160. The molecule has 2 aliphatic heterocycles. The van der Waals surface area contributed by atoms with E-state index in [-0.39, 0.29) is 18.2 Å². The van der Waals surface area contributed by atoms with Crippen molar-refractivity contribution in [1.29, 1.82) is 0 Å². The highest BCUT2D eigenvalue weighted by molar-refractivity contribution is 8.16. The smallest absolute Gasteiger partial charge is 0.253 e. The minimum atomic E-state index is -0.396. The zero-order chi connectivity index (χ0) is 23.5. The molecule has 2 amide bonds. The van der Waals surface area contributed by atoms with Gasteiger partial charge in [0.25, 0.3) is 5.91 Å². The Morgan fingerprint density at radius 3 is 2.48 bits per heavy atom. The fourth-order valence-electron chi connectivity index (χ4n) is 3.87. The lowest BCUT2D eigenvalue weighted by atomic mass is 9.93. The lowest BCUT2D eigenvalue weighted by Crippen LogP contribution is -2.40. The summed E-state index contributed by atoms with van der Waals surface area (Å²) in [6.07, 6.45) is 0.186. The van der Waals surface area contributed by atoms with E-state index in [0.29, 0.717) is 22.8 Å². The fraction of sp³-hybridized carbons (Fsp3) is 0.240. The summed E-state index contributed by atoms with van der Waals surface area (Å²) in [7, 11) is 3.46. The van der Waals surface area contributed by atoms with Gasteiger partial charge in [0.1, 0.15) is 0 Å². The van der Waals surface area contributed by atoms with E-state index >= 15 is 0 Å². The average molecular weight is 481 g/mol. The third-order valence-electron chi connectivity index (χ3n) is 5.50. The Labute approximate surface area is 203 Å². The summed E-state index contributed by atoms with van der Waals surface area (Å²) in [6.45, 7) is 2.32. The number of amides is 2. The second kappa shape index (κ2) is 9.85. The molecular weight excluding hydrogens is 456 g/mol. The molecular formula is C25H25ClN4O2S. The van der Waals surface area contributed by atoms with Crippen LogP contribution in [0.3, 0.4) is 0 Å².